The van der Waals surface area contributed by atoms with Gasteiger partial charge in [-0.2, -0.15) is 0 Å². The van der Waals surface area contributed by atoms with E-state index in [1.165, 1.54) is 24.3 Å². The fourth-order valence-electron chi connectivity index (χ4n) is 1.91. The maximum absolute atomic E-state index is 13.4. The van der Waals surface area contributed by atoms with Crippen LogP contribution in [0, 0.1) is 11.6 Å². The van der Waals surface area contributed by atoms with Gasteiger partial charge in [0.1, 0.15) is 11.6 Å². The van der Waals surface area contributed by atoms with Gasteiger partial charge in [-0.1, -0.05) is 28.1 Å². The molecular weight excluding hydrogens is 314 g/mol. The lowest BCUT2D eigenvalue weighted by Gasteiger charge is -2.17. The van der Waals surface area contributed by atoms with E-state index < -0.39 is 0 Å². The van der Waals surface area contributed by atoms with E-state index >= 15 is 0 Å². The van der Waals surface area contributed by atoms with Crippen LogP contribution in [0.3, 0.4) is 0 Å². The van der Waals surface area contributed by atoms with Crippen molar-refractivity contribution in [3.8, 4) is 0 Å². The number of hydrazine groups is 1. The molecule has 0 bridgehead atoms. The third-order valence-electron chi connectivity index (χ3n) is 2.84. The second-order valence-electron chi connectivity index (χ2n) is 4.25. The first-order valence-electron chi connectivity index (χ1n) is 5.75. The lowest BCUT2D eigenvalue weighted by Crippen LogP contribution is -2.29. The molecule has 0 radical (unpaired) electrons. The summed E-state index contributed by atoms with van der Waals surface area (Å²) in [6, 6.07) is 10.5. The van der Waals surface area contributed by atoms with Gasteiger partial charge < -0.3 is 0 Å². The van der Waals surface area contributed by atoms with Crippen LogP contribution in [0.5, 0.6) is 0 Å². The summed E-state index contributed by atoms with van der Waals surface area (Å²) < 4.78 is 26.9. The van der Waals surface area contributed by atoms with Gasteiger partial charge in [0.05, 0.1) is 6.04 Å². The van der Waals surface area contributed by atoms with Crippen molar-refractivity contribution < 1.29 is 8.78 Å². The average molecular weight is 327 g/mol. The molecule has 1 atom stereocenters. The molecule has 2 nitrogen and oxygen atoms in total. The van der Waals surface area contributed by atoms with Crippen LogP contribution in [-0.4, -0.2) is 0 Å². The monoisotopic (exact) mass is 326 g/mol. The minimum absolute atomic E-state index is 0.238. The quantitative estimate of drug-likeness (QED) is 0.667. The van der Waals surface area contributed by atoms with Crippen LogP contribution in [-0.2, 0) is 6.42 Å². The molecule has 0 fully saturated rings. The highest BCUT2D eigenvalue weighted by Gasteiger charge is 2.12. The highest BCUT2D eigenvalue weighted by Crippen LogP contribution is 2.23. The molecule has 0 spiro atoms. The molecule has 0 aliphatic rings. The van der Waals surface area contributed by atoms with Crippen LogP contribution in [0.2, 0.25) is 0 Å². The summed E-state index contributed by atoms with van der Waals surface area (Å²) in [4.78, 5) is 0. The van der Waals surface area contributed by atoms with E-state index in [-0.39, 0.29) is 17.7 Å². The first kappa shape index (κ1) is 14.1. The average Bonchev–Trinajstić information content (AvgIpc) is 2.37. The molecular formula is C14H13BrF2N2. The van der Waals surface area contributed by atoms with Gasteiger partial charge in [0, 0.05) is 4.47 Å². The number of nitrogens with one attached hydrogen (secondary N) is 1. The summed E-state index contributed by atoms with van der Waals surface area (Å²) in [6.07, 6.45) is 0.548. The van der Waals surface area contributed by atoms with Crippen LogP contribution in [0.25, 0.3) is 0 Å². The summed E-state index contributed by atoms with van der Waals surface area (Å²) >= 11 is 3.25. The highest BCUT2D eigenvalue weighted by atomic mass is 79.9. The van der Waals surface area contributed by atoms with E-state index in [0.29, 0.717) is 10.9 Å². The number of hydrogen-bond acceptors (Lipinski definition) is 2. The van der Waals surface area contributed by atoms with Gasteiger partial charge in [-0.05, 0) is 47.9 Å². The molecule has 5 heteroatoms. The molecule has 2 aromatic rings. The zero-order chi connectivity index (χ0) is 13.8. The maximum Gasteiger partial charge on any atom is 0.124 e. The third-order valence-corrected chi connectivity index (χ3v) is 3.30. The topological polar surface area (TPSA) is 38.0 Å². The standard InChI is InChI=1S/C14H13BrF2N2/c15-11-6-10(7-13(17)8-11)14(19-18)5-9-1-3-12(16)4-2-9/h1-4,6-8,14,19H,5,18H2. The SMILES string of the molecule is NNC(Cc1ccc(F)cc1)c1cc(F)cc(Br)c1. The van der Waals surface area contributed by atoms with E-state index in [1.54, 1.807) is 18.2 Å². The first-order chi connectivity index (χ1) is 9.08. The number of rotatable bonds is 4. The number of nitrogens with two attached hydrogens (primary N) is 1. The van der Waals surface area contributed by atoms with Crippen molar-refractivity contribution in [2.45, 2.75) is 12.5 Å². The second-order valence-corrected chi connectivity index (χ2v) is 5.17. The Morgan fingerprint density at radius 2 is 1.74 bits per heavy atom. The molecule has 1 unspecified atom stereocenters. The zero-order valence-corrected chi connectivity index (χ0v) is 11.6. The Bertz CT molecular complexity index is 538. The van der Waals surface area contributed by atoms with E-state index in [9.17, 15) is 8.78 Å². The van der Waals surface area contributed by atoms with E-state index in [1.807, 2.05) is 0 Å². The molecule has 2 rings (SSSR count). The van der Waals surface area contributed by atoms with Gasteiger partial charge in [0.25, 0.3) is 0 Å². The Kier molecular flexibility index (Phi) is 4.63. The second kappa shape index (κ2) is 6.23. The molecule has 0 heterocycles. The summed E-state index contributed by atoms with van der Waals surface area (Å²) in [5.41, 5.74) is 4.31. The van der Waals surface area contributed by atoms with Crippen molar-refractivity contribution in [2.75, 3.05) is 0 Å². The largest absolute Gasteiger partial charge is 0.271 e. The lowest BCUT2D eigenvalue weighted by atomic mass is 9.99. The number of halogens is 3. The van der Waals surface area contributed by atoms with Gasteiger partial charge in [-0.3, -0.25) is 11.3 Å². The van der Waals surface area contributed by atoms with Gasteiger partial charge in [0.15, 0.2) is 0 Å². The molecule has 0 aliphatic carbocycles. The molecule has 19 heavy (non-hydrogen) atoms. The maximum atomic E-state index is 13.4. The normalized spacial score (nSPS) is 12.4. The Hall–Kier alpha value is -1.30. The Labute approximate surface area is 118 Å². The summed E-state index contributed by atoms with van der Waals surface area (Å²) in [6.45, 7) is 0. The Morgan fingerprint density at radius 1 is 1.05 bits per heavy atom. The fraction of sp³-hybridized carbons (Fsp3) is 0.143. The smallest absolute Gasteiger partial charge is 0.124 e. The minimum atomic E-state index is -0.330. The van der Waals surface area contributed by atoms with E-state index in [2.05, 4.69) is 21.4 Å². The third kappa shape index (κ3) is 3.83. The van der Waals surface area contributed by atoms with Gasteiger partial charge >= 0.3 is 0 Å². The van der Waals surface area contributed by atoms with Crippen molar-refractivity contribution in [1.29, 1.82) is 0 Å². The molecule has 3 N–H and O–H groups in total. The van der Waals surface area contributed by atoms with Crippen molar-refractivity contribution in [1.82, 2.24) is 5.43 Å². The van der Waals surface area contributed by atoms with Crippen LogP contribution >= 0.6 is 15.9 Å². The molecule has 100 valence electrons. The molecule has 0 amide bonds. The van der Waals surface area contributed by atoms with E-state index in [4.69, 9.17) is 5.84 Å². The molecule has 0 aromatic heterocycles. The summed E-state index contributed by atoms with van der Waals surface area (Å²) in [5.74, 6) is 4.91. The summed E-state index contributed by atoms with van der Waals surface area (Å²) in [7, 11) is 0. The Balaban J connectivity index is 2.22. The number of benzene rings is 2. The van der Waals surface area contributed by atoms with Gasteiger partial charge in [0.2, 0.25) is 0 Å². The molecule has 2 aromatic carbocycles. The van der Waals surface area contributed by atoms with Gasteiger partial charge in [-0.15, -0.1) is 0 Å². The van der Waals surface area contributed by atoms with Crippen LogP contribution in [0.1, 0.15) is 17.2 Å². The number of hydrogen-bond donors (Lipinski definition) is 2. The van der Waals surface area contributed by atoms with E-state index in [0.717, 1.165) is 11.1 Å². The first-order valence-corrected chi connectivity index (χ1v) is 6.54. The van der Waals surface area contributed by atoms with Crippen molar-refractivity contribution in [3.63, 3.8) is 0 Å². The lowest BCUT2D eigenvalue weighted by molar-refractivity contribution is 0.543. The minimum Gasteiger partial charge on any atom is -0.271 e. The zero-order valence-electron chi connectivity index (χ0n) is 10.0. The summed E-state index contributed by atoms with van der Waals surface area (Å²) in [5, 5.41) is 0. The van der Waals surface area contributed by atoms with Crippen molar-refractivity contribution >= 4 is 15.9 Å². The van der Waals surface area contributed by atoms with Gasteiger partial charge in [-0.25, -0.2) is 8.78 Å². The van der Waals surface area contributed by atoms with Crippen molar-refractivity contribution in [2.24, 2.45) is 5.84 Å². The Morgan fingerprint density at radius 3 is 2.32 bits per heavy atom. The van der Waals surface area contributed by atoms with Crippen LogP contribution < -0.4 is 11.3 Å². The fourth-order valence-corrected chi connectivity index (χ4v) is 2.39. The van der Waals surface area contributed by atoms with Crippen LogP contribution in [0.4, 0.5) is 8.78 Å². The highest BCUT2D eigenvalue weighted by molar-refractivity contribution is 9.10. The molecule has 0 aliphatic heterocycles. The van der Waals surface area contributed by atoms with Crippen molar-refractivity contribution in [3.05, 3.63) is 69.7 Å². The predicted molar refractivity (Wildman–Crippen MR) is 74.3 cm³/mol. The molecule has 0 saturated heterocycles. The predicted octanol–water partition coefficient (Wildman–Crippen LogP) is 3.47. The van der Waals surface area contributed by atoms with Crippen LogP contribution in [0.15, 0.2) is 46.9 Å². The molecule has 0 saturated carbocycles.